The molecule has 0 saturated heterocycles. The van der Waals surface area contributed by atoms with Crippen molar-refractivity contribution >= 4 is 22.9 Å². The van der Waals surface area contributed by atoms with Crippen LogP contribution in [0.5, 0.6) is 0 Å². The fourth-order valence-corrected chi connectivity index (χ4v) is 1.95. The van der Waals surface area contributed by atoms with Crippen LogP contribution in [0.4, 0.5) is 11.8 Å². The second-order valence-electron chi connectivity index (χ2n) is 4.95. The number of likely N-dealkylation sites (N-methyl/N-ethyl adjacent to an activating group) is 1. The van der Waals surface area contributed by atoms with Gasteiger partial charge in [0.25, 0.3) is 0 Å². The van der Waals surface area contributed by atoms with Gasteiger partial charge in [0.05, 0.1) is 12.9 Å². The molecular formula is C12H18N6O. The molecule has 2 aromatic rings. The molecule has 0 aromatic carbocycles. The predicted molar refractivity (Wildman–Crippen MR) is 72.9 cm³/mol. The molecule has 2 aromatic heterocycles. The van der Waals surface area contributed by atoms with Crippen molar-refractivity contribution in [1.82, 2.24) is 19.9 Å². The third kappa shape index (κ3) is 2.76. The summed E-state index contributed by atoms with van der Waals surface area (Å²) < 4.78 is 5.63. The number of imidazole rings is 1. The smallest absolute Gasteiger partial charge is 0.224 e. The second kappa shape index (κ2) is 5.00. The van der Waals surface area contributed by atoms with Crippen LogP contribution in [0.25, 0.3) is 11.2 Å². The molecule has 7 heteroatoms. The number of nitrogen functional groups attached to an aromatic ring is 1. The van der Waals surface area contributed by atoms with E-state index in [0.29, 0.717) is 12.3 Å². The van der Waals surface area contributed by atoms with Crippen LogP contribution in [0.2, 0.25) is 0 Å². The molecule has 3 rings (SSSR count). The first-order valence-electron chi connectivity index (χ1n) is 6.49. The highest BCUT2D eigenvalue weighted by atomic mass is 16.5. The number of aromatic amines is 1. The van der Waals surface area contributed by atoms with Gasteiger partial charge in [0, 0.05) is 20.2 Å². The van der Waals surface area contributed by atoms with E-state index in [1.807, 2.05) is 11.9 Å². The van der Waals surface area contributed by atoms with E-state index in [1.165, 1.54) is 12.8 Å². The first kappa shape index (κ1) is 12.2. The maximum atomic E-state index is 5.69. The van der Waals surface area contributed by atoms with E-state index in [1.54, 1.807) is 6.33 Å². The quantitative estimate of drug-likeness (QED) is 0.748. The number of aromatic nitrogens is 4. The Kier molecular flexibility index (Phi) is 3.20. The van der Waals surface area contributed by atoms with E-state index in [-0.39, 0.29) is 5.95 Å². The zero-order valence-electron chi connectivity index (χ0n) is 11.0. The van der Waals surface area contributed by atoms with Gasteiger partial charge in [-0.3, -0.25) is 0 Å². The van der Waals surface area contributed by atoms with Gasteiger partial charge in [0.1, 0.15) is 5.52 Å². The minimum Gasteiger partial charge on any atom is -0.379 e. The molecule has 19 heavy (non-hydrogen) atoms. The number of anilines is 2. The molecule has 1 aliphatic rings. The normalized spacial score (nSPS) is 15.0. The molecule has 7 nitrogen and oxygen atoms in total. The van der Waals surface area contributed by atoms with Crippen molar-refractivity contribution < 1.29 is 4.74 Å². The highest BCUT2D eigenvalue weighted by Crippen LogP contribution is 2.28. The van der Waals surface area contributed by atoms with Crippen molar-refractivity contribution in [2.45, 2.75) is 12.8 Å². The summed E-state index contributed by atoms with van der Waals surface area (Å²) in [5, 5.41) is 0. The molecule has 0 spiro atoms. The van der Waals surface area contributed by atoms with Crippen LogP contribution in [0.1, 0.15) is 12.8 Å². The Morgan fingerprint density at radius 1 is 1.47 bits per heavy atom. The maximum Gasteiger partial charge on any atom is 0.224 e. The fourth-order valence-electron chi connectivity index (χ4n) is 1.95. The lowest BCUT2D eigenvalue weighted by Gasteiger charge is -2.18. The topological polar surface area (TPSA) is 92.9 Å². The summed E-state index contributed by atoms with van der Waals surface area (Å²) in [6, 6.07) is 0. The Bertz CT molecular complexity index is 564. The average molecular weight is 262 g/mol. The molecule has 0 unspecified atom stereocenters. The number of nitrogens with one attached hydrogen (secondary N) is 1. The van der Waals surface area contributed by atoms with E-state index < -0.39 is 0 Å². The minimum atomic E-state index is 0.236. The predicted octanol–water partition coefficient (Wildman–Crippen LogP) is 0.798. The highest BCUT2D eigenvalue weighted by Gasteiger charge is 2.21. The molecule has 3 N–H and O–H groups in total. The maximum absolute atomic E-state index is 5.69. The van der Waals surface area contributed by atoms with Crippen molar-refractivity contribution in [1.29, 1.82) is 0 Å². The molecule has 0 radical (unpaired) electrons. The second-order valence-corrected chi connectivity index (χ2v) is 4.95. The number of fused-ring (bicyclic) bond motifs is 1. The van der Waals surface area contributed by atoms with Gasteiger partial charge in [-0.05, 0) is 18.8 Å². The Hall–Kier alpha value is -1.89. The zero-order valence-corrected chi connectivity index (χ0v) is 11.0. The zero-order chi connectivity index (χ0) is 13.2. The van der Waals surface area contributed by atoms with Crippen molar-refractivity contribution in [2.75, 3.05) is 37.4 Å². The number of nitrogens with zero attached hydrogens (tertiary/aromatic N) is 4. The van der Waals surface area contributed by atoms with E-state index in [0.717, 1.165) is 30.4 Å². The molecule has 1 aliphatic carbocycles. The van der Waals surface area contributed by atoms with Crippen LogP contribution in [0.3, 0.4) is 0 Å². The van der Waals surface area contributed by atoms with Crippen LogP contribution >= 0.6 is 0 Å². The molecule has 2 heterocycles. The summed E-state index contributed by atoms with van der Waals surface area (Å²) in [5.74, 6) is 1.79. The molecule has 0 atom stereocenters. The first-order valence-corrected chi connectivity index (χ1v) is 6.49. The summed E-state index contributed by atoms with van der Waals surface area (Å²) in [6.07, 6.45) is 4.22. The Morgan fingerprint density at radius 2 is 2.32 bits per heavy atom. The summed E-state index contributed by atoms with van der Waals surface area (Å²) in [5.41, 5.74) is 7.09. The molecular weight excluding hydrogens is 244 g/mol. The summed E-state index contributed by atoms with van der Waals surface area (Å²) in [6.45, 7) is 2.32. The van der Waals surface area contributed by atoms with Crippen LogP contribution in [-0.4, -0.2) is 46.7 Å². The van der Waals surface area contributed by atoms with Crippen LogP contribution in [0, 0.1) is 5.92 Å². The number of nitrogens with two attached hydrogens (primary N) is 1. The lowest BCUT2D eigenvalue weighted by Crippen LogP contribution is -2.24. The molecule has 0 bridgehead atoms. The SMILES string of the molecule is CN(CCOCC1CC1)c1nc(N)nc2nc[nH]c12. The van der Waals surface area contributed by atoms with Gasteiger partial charge in [-0.15, -0.1) is 0 Å². The summed E-state index contributed by atoms with van der Waals surface area (Å²) >= 11 is 0. The minimum absolute atomic E-state index is 0.236. The Balaban J connectivity index is 1.65. The van der Waals surface area contributed by atoms with Gasteiger partial charge in [0.2, 0.25) is 5.95 Å². The van der Waals surface area contributed by atoms with Gasteiger partial charge in [0.15, 0.2) is 11.5 Å². The van der Waals surface area contributed by atoms with Crippen LogP contribution in [-0.2, 0) is 4.74 Å². The van der Waals surface area contributed by atoms with Crippen LogP contribution in [0.15, 0.2) is 6.33 Å². The van der Waals surface area contributed by atoms with E-state index >= 15 is 0 Å². The third-order valence-electron chi connectivity index (χ3n) is 3.27. The molecule has 1 saturated carbocycles. The standard InChI is InChI=1S/C12H18N6O/c1-18(4-5-19-6-8-2-3-8)11-9-10(15-7-14-9)16-12(13)17-11/h7-8H,2-6H2,1H3,(H3,13,14,15,16,17). The van der Waals surface area contributed by atoms with Gasteiger partial charge >= 0.3 is 0 Å². The van der Waals surface area contributed by atoms with Gasteiger partial charge in [-0.2, -0.15) is 9.97 Å². The summed E-state index contributed by atoms with van der Waals surface area (Å²) in [4.78, 5) is 17.5. The van der Waals surface area contributed by atoms with Crippen LogP contribution < -0.4 is 10.6 Å². The van der Waals surface area contributed by atoms with Crippen molar-refractivity contribution in [3.8, 4) is 0 Å². The fraction of sp³-hybridized carbons (Fsp3) is 0.583. The number of hydrogen-bond acceptors (Lipinski definition) is 6. The first-order chi connectivity index (χ1) is 9.24. The summed E-state index contributed by atoms with van der Waals surface area (Å²) in [7, 11) is 1.96. The third-order valence-corrected chi connectivity index (χ3v) is 3.27. The van der Waals surface area contributed by atoms with E-state index in [4.69, 9.17) is 10.5 Å². The Morgan fingerprint density at radius 3 is 3.11 bits per heavy atom. The lowest BCUT2D eigenvalue weighted by atomic mass is 10.4. The van der Waals surface area contributed by atoms with E-state index in [9.17, 15) is 0 Å². The number of H-pyrrole nitrogens is 1. The van der Waals surface area contributed by atoms with Gasteiger partial charge in [-0.25, -0.2) is 4.98 Å². The Labute approximate surface area is 111 Å². The van der Waals surface area contributed by atoms with Crippen molar-refractivity contribution in [2.24, 2.45) is 5.92 Å². The molecule has 102 valence electrons. The van der Waals surface area contributed by atoms with Crippen molar-refractivity contribution in [3.63, 3.8) is 0 Å². The number of rotatable bonds is 6. The molecule has 0 amide bonds. The molecule has 0 aliphatic heterocycles. The average Bonchev–Trinajstić information content (AvgIpc) is 3.10. The number of ether oxygens (including phenoxy) is 1. The van der Waals surface area contributed by atoms with E-state index in [2.05, 4.69) is 19.9 Å². The largest absolute Gasteiger partial charge is 0.379 e. The monoisotopic (exact) mass is 262 g/mol. The van der Waals surface area contributed by atoms with Gasteiger partial charge in [-0.1, -0.05) is 0 Å². The number of hydrogen-bond donors (Lipinski definition) is 2. The van der Waals surface area contributed by atoms with Crippen molar-refractivity contribution in [3.05, 3.63) is 6.33 Å². The lowest BCUT2D eigenvalue weighted by molar-refractivity contribution is 0.131. The molecule has 1 fully saturated rings. The van der Waals surface area contributed by atoms with Gasteiger partial charge < -0.3 is 20.4 Å². The highest BCUT2D eigenvalue weighted by molar-refractivity contribution is 5.83.